The summed E-state index contributed by atoms with van der Waals surface area (Å²) in [5.41, 5.74) is 1.14. The van der Waals surface area contributed by atoms with E-state index in [1.165, 1.54) is 7.11 Å². The molecule has 1 fully saturated rings. The van der Waals surface area contributed by atoms with Gasteiger partial charge in [-0.3, -0.25) is 4.79 Å². The predicted molar refractivity (Wildman–Crippen MR) is 104 cm³/mol. The maximum atomic E-state index is 12.4. The van der Waals surface area contributed by atoms with Crippen LogP contribution >= 0.6 is 0 Å². The third-order valence-corrected chi connectivity index (χ3v) is 10.3. The quantitative estimate of drug-likeness (QED) is 0.631. The summed E-state index contributed by atoms with van der Waals surface area (Å²) in [6.45, 7) is 12.9. The summed E-state index contributed by atoms with van der Waals surface area (Å²) in [6.07, 6.45) is 0.799. The molecule has 0 saturated carbocycles. The van der Waals surface area contributed by atoms with Crippen molar-refractivity contribution < 1.29 is 14.0 Å². The Labute approximate surface area is 153 Å². The number of benzene rings is 1. The third kappa shape index (κ3) is 4.93. The number of hydrogen-bond acceptors (Lipinski definition) is 4. The summed E-state index contributed by atoms with van der Waals surface area (Å²) < 4.78 is 11.5. The van der Waals surface area contributed by atoms with Crippen LogP contribution in [0.3, 0.4) is 0 Å². The summed E-state index contributed by atoms with van der Waals surface area (Å²) in [4.78, 5) is 12.4. The van der Waals surface area contributed by atoms with Gasteiger partial charge < -0.3 is 14.5 Å². The van der Waals surface area contributed by atoms with Gasteiger partial charge in [0.2, 0.25) is 0 Å². The summed E-state index contributed by atoms with van der Waals surface area (Å²) >= 11 is 0. The van der Waals surface area contributed by atoms with E-state index in [0.29, 0.717) is 12.5 Å². The smallest absolute Gasteiger partial charge is 0.310 e. The Balaban J connectivity index is 2.06. The average Bonchev–Trinajstić information content (AvgIpc) is 2.59. The fourth-order valence-corrected chi connectivity index (χ4v) is 4.16. The molecule has 0 radical (unpaired) electrons. The molecule has 140 valence electrons. The first-order valence-electron chi connectivity index (χ1n) is 9.16. The lowest BCUT2D eigenvalue weighted by Gasteiger charge is -2.40. The molecule has 1 aliphatic heterocycles. The predicted octanol–water partition coefficient (Wildman–Crippen LogP) is 4.15. The van der Waals surface area contributed by atoms with E-state index in [4.69, 9.17) is 9.16 Å². The van der Waals surface area contributed by atoms with Gasteiger partial charge in [0.15, 0.2) is 8.32 Å². The number of ether oxygens (including phenoxy) is 1. The SMILES string of the molecule is COC(=O)C1CC(CO[Si](C)(C)C(C)(C)C)CNC1c1ccccc1. The van der Waals surface area contributed by atoms with E-state index in [-0.39, 0.29) is 23.0 Å². The molecular weight excluding hydrogens is 330 g/mol. The monoisotopic (exact) mass is 363 g/mol. The van der Waals surface area contributed by atoms with Crippen LogP contribution in [0.2, 0.25) is 18.1 Å². The molecule has 2 rings (SSSR count). The number of carbonyl (C=O) groups is 1. The van der Waals surface area contributed by atoms with Gasteiger partial charge in [0.1, 0.15) is 0 Å². The van der Waals surface area contributed by atoms with Crippen molar-refractivity contribution in [1.29, 1.82) is 0 Å². The van der Waals surface area contributed by atoms with Crippen molar-refractivity contribution in [3.05, 3.63) is 35.9 Å². The van der Waals surface area contributed by atoms with Crippen LogP contribution in [-0.4, -0.2) is 34.5 Å². The number of hydrogen-bond donors (Lipinski definition) is 1. The first-order chi connectivity index (χ1) is 11.7. The second-order valence-electron chi connectivity index (χ2n) is 8.60. The molecule has 4 nitrogen and oxygen atoms in total. The van der Waals surface area contributed by atoms with E-state index < -0.39 is 8.32 Å². The van der Waals surface area contributed by atoms with Crippen molar-refractivity contribution in [2.45, 2.75) is 51.4 Å². The Morgan fingerprint density at radius 2 is 1.88 bits per heavy atom. The third-order valence-electron chi connectivity index (χ3n) is 5.76. The molecule has 3 atom stereocenters. The lowest BCUT2D eigenvalue weighted by Crippen LogP contribution is -2.47. The zero-order valence-corrected chi connectivity index (χ0v) is 17.5. The van der Waals surface area contributed by atoms with Crippen molar-refractivity contribution in [3.8, 4) is 0 Å². The van der Waals surface area contributed by atoms with Crippen LogP contribution in [-0.2, 0) is 14.0 Å². The largest absolute Gasteiger partial charge is 0.469 e. The van der Waals surface area contributed by atoms with Crippen LogP contribution < -0.4 is 5.32 Å². The Morgan fingerprint density at radius 3 is 2.44 bits per heavy atom. The fraction of sp³-hybridized carbons (Fsp3) is 0.650. The maximum Gasteiger partial charge on any atom is 0.310 e. The summed E-state index contributed by atoms with van der Waals surface area (Å²) in [5.74, 6) is 0.0192. The lowest BCUT2D eigenvalue weighted by atomic mass is 9.81. The summed E-state index contributed by atoms with van der Waals surface area (Å²) in [6, 6.07) is 10.2. The van der Waals surface area contributed by atoms with Gasteiger partial charge in [-0.25, -0.2) is 0 Å². The number of nitrogens with one attached hydrogen (secondary N) is 1. The van der Waals surface area contributed by atoms with E-state index >= 15 is 0 Å². The number of esters is 1. The lowest BCUT2D eigenvalue weighted by molar-refractivity contribution is -0.148. The van der Waals surface area contributed by atoms with Crippen molar-refractivity contribution in [3.63, 3.8) is 0 Å². The van der Waals surface area contributed by atoms with Crippen LogP contribution in [0.4, 0.5) is 0 Å². The summed E-state index contributed by atoms with van der Waals surface area (Å²) in [7, 11) is -0.299. The van der Waals surface area contributed by atoms with Gasteiger partial charge in [-0.1, -0.05) is 51.1 Å². The second kappa shape index (κ2) is 8.02. The van der Waals surface area contributed by atoms with E-state index in [1.807, 2.05) is 18.2 Å². The molecule has 25 heavy (non-hydrogen) atoms. The molecule has 1 N–H and O–H groups in total. The first-order valence-corrected chi connectivity index (χ1v) is 12.1. The highest BCUT2D eigenvalue weighted by atomic mass is 28.4. The number of piperidine rings is 1. The van der Waals surface area contributed by atoms with Crippen molar-refractivity contribution in [1.82, 2.24) is 5.32 Å². The molecular formula is C20H33NO3Si. The minimum atomic E-state index is -1.77. The molecule has 0 spiro atoms. The van der Waals surface area contributed by atoms with Crippen LogP contribution in [0, 0.1) is 11.8 Å². The molecule has 0 aliphatic carbocycles. The number of rotatable bonds is 5. The standard InChI is InChI=1S/C20H33NO3Si/c1-20(2,3)25(5,6)24-14-15-12-17(19(22)23-4)18(21-13-15)16-10-8-7-9-11-16/h7-11,15,17-18,21H,12-14H2,1-6H3. The Hall–Kier alpha value is -1.17. The molecule has 1 aromatic carbocycles. The van der Waals surface area contributed by atoms with Crippen LogP contribution in [0.25, 0.3) is 0 Å². The van der Waals surface area contributed by atoms with Crippen LogP contribution in [0.15, 0.2) is 30.3 Å². The van der Waals surface area contributed by atoms with Crippen molar-refractivity contribution in [2.24, 2.45) is 11.8 Å². The van der Waals surface area contributed by atoms with Gasteiger partial charge in [0.25, 0.3) is 0 Å². The molecule has 3 unspecified atom stereocenters. The van der Waals surface area contributed by atoms with Gasteiger partial charge in [0.05, 0.1) is 13.0 Å². The Morgan fingerprint density at radius 1 is 1.24 bits per heavy atom. The highest BCUT2D eigenvalue weighted by molar-refractivity contribution is 6.74. The molecule has 1 aromatic rings. The Bertz CT molecular complexity index is 568. The van der Waals surface area contributed by atoms with Crippen molar-refractivity contribution >= 4 is 14.3 Å². The number of methoxy groups -OCH3 is 1. The normalized spacial score (nSPS) is 24.8. The van der Waals surface area contributed by atoms with Crippen molar-refractivity contribution in [2.75, 3.05) is 20.3 Å². The first kappa shape index (κ1) is 20.1. The minimum Gasteiger partial charge on any atom is -0.469 e. The summed E-state index contributed by atoms with van der Waals surface area (Å²) in [5, 5.41) is 3.76. The van der Waals surface area contributed by atoms with E-state index in [1.54, 1.807) is 0 Å². The highest BCUT2D eigenvalue weighted by Crippen LogP contribution is 2.38. The molecule has 0 bridgehead atoms. The zero-order chi connectivity index (χ0) is 18.7. The molecule has 1 heterocycles. The topological polar surface area (TPSA) is 47.6 Å². The molecule has 1 saturated heterocycles. The molecule has 1 aliphatic rings. The highest BCUT2D eigenvalue weighted by Gasteiger charge is 2.40. The minimum absolute atomic E-state index is 0.0118. The van der Waals surface area contributed by atoms with Gasteiger partial charge in [-0.05, 0) is 36.0 Å². The van der Waals surface area contributed by atoms with Gasteiger partial charge in [-0.15, -0.1) is 0 Å². The second-order valence-corrected chi connectivity index (χ2v) is 13.4. The zero-order valence-electron chi connectivity index (χ0n) is 16.5. The fourth-order valence-electron chi connectivity index (χ4n) is 3.08. The van der Waals surface area contributed by atoms with E-state index in [0.717, 1.165) is 18.5 Å². The van der Waals surface area contributed by atoms with Crippen LogP contribution in [0.5, 0.6) is 0 Å². The molecule has 0 amide bonds. The van der Waals surface area contributed by atoms with Gasteiger partial charge in [-0.2, -0.15) is 0 Å². The van der Waals surface area contributed by atoms with Gasteiger partial charge >= 0.3 is 5.97 Å². The Kier molecular flexibility index (Phi) is 6.46. The molecule has 0 aromatic heterocycles. The molecule has 5 heteroatoms. The average molecular weight is 364 g/mol. The van der Waals surface area contributed by atoms with Crippen LogP contribution in [0.1, 0.15) is 38.8 Å². The van der Waals surface area contributed by atoms with Gasteiger partial charge in [0, 0.05) is 19.2 Å². The number of carbonyl (C=O) groups excluding carboxylic acids is 1. The maximum absolute atomic E-state index is 12.4. The van der Waals surface area contributed by atoms with E-state index in [2.05, 4.69) is 51.3 Å². The van der Waals surface area contributed by atoms with E-state index in [9.17, 15) is 4.79 Å².